The van der Waals surface area contributed by atoms with E-state index < -0.39 is 11.7 Å². The van der Waals surface area contributed by atoms with E-state index >= 15 is 0 Å². The van der Waals surface area contributed by atoms with Crippen LogP contribution in [0.4, 0.5) is 24.5 Å². The summed E-state index contributed by atoms with van der Waals surface area (Å²) in [7, 11) is 3.08. The van der Waals surface area contributed by atoms with E-state index in [0.717, 1.165) is 43.3 Å². The van der Waals surface area contributed by atoms with Gasteiger partial charge in [-0.25, -0.2) is 0 Å². The molecule has 6 nitrogen and oxygen atoms in total. The molecule has 0 amide bonds. The predicted molar refractivity (Wildman–Crippen MR) is 150 cm³/mol. The Balaban J connectivity index is 1.75. The Kier molecular flexibility index (Phi) is 8.28. The van der Waals surface area contributed by atoms with Crippen LogP contribution in [0.25, 0.3) is 0 Å². The van der Waals surface area contributed by atoms with Gasteiger partial charge in [0.15, 0.2) is 0 Å². The van der Waals surface area contributed by atoms with E-state index in [2.05, 4.69) is 23.4 Å². The molecular formula is C30H35F3N4O2. The fourth-order valence-electron chi connectivity index (χ4n) is 5.17. The van der Waals surface area contributed by atoms with Crippen molar-refractivity contribution in [3.8, 4) is 11.5 Å². The number of nitrogens with one attached hydrogen (secondary N) is 2. The van der Waals surface area contributed by atoms with Gasteiger partial charge in [0, 0.05) is 49.1 Å². The minimum Gasteiger partial charge on any atom is -0.497 e. The predicted octanol–water partition coefficient (Wildman–Crippen LogP) is 6.85. The highest BCUT2D eigenvalue weighted by Crippen LogP contribution is 2.40. The second-order valence-corrected chi connectivity index (χ2v) is 9.96. The van der Waals surface area contributed by atoms with Crippen LogP contribution in [0.15, 0.2) is 72.1 Å². The fraction of sp³-hybridized carbons (Fsp3) is 0.367. The van der Waals surface area contributed by atoms with E-state index in [-0.39, 0.29) is 11.4 Å². The van der Waals surface area contributed by atoms with E-state index in [1.54, 1.807) is 24.3 Å². The van der Waals surface area contributed by atoms with Crippen molar-refractivity contribution in [3.63, 3.8) is 0 Å². The van der Waals surface area contributed by atoms with E-state index in [1.807, 2.05) is 11.8 Å². The van der Waals surface area contributed by atoms with Crippen molar-refractivity contribution >= 4 is 17.1 Å². The molecule has 1 fully saturated rings. The van der Waals surface area contributed by atoms with Crippen LogP contribution in [0, 0.1) is 5.41 Å². The number of alkyl halides is 3. The van der Waals surface area contributed by atoms with Crippen molar-refractivity contribution in [2.24, 2.45) is 0 Å². The Bertz CT molecular complexity index is 1290. The largest absolute Gasteiger partial charge is 0.497 e. The van der Waals surface area contributed by atoms with Crippen molar-refractivity contribution < 1.29 is 22.6 Å². The normalized spacial score (nSPS) is 15.5. The summed E-state index contributed by atoms with van der Waals surface area (Å²) >= 11 is 0. The van der Waals surface area contributed by atoms with Crippen molar-refractivity contribution in [1.29, 1.82) is 5.41 Å². The standard InChI is InChI=1S/C30H35F3N4O2/c1-19(2)18-37-13-10-25(28(34)21-14-23(38-4)17-24(15-21)39-5)29(37)20(3)35-27-16-22(36-11-6-7-12-36)8-9-26(27)30(31,32)33/h8-9,14-17,34-35H,1,3,6-7,10-13,18H2,2,4-5H3. The molecule has 2 heterocycles. The van der Waals surface area contributed by atoms with Crippen LogP contribution in [0.1, 0.15) is 37.3 Å². The molecule has 0 aromatic heterocycles. The summed E-state index contributed by atoms with van der Waals surface area (Å²) < 4.78 is 52.8. The molecule has 0 bridgehead atoms. The van der Waals surface area contributed by atoms with Crippen LogP contribution < -0.4 is 19.7 Å². The lowest BCUT2D eigenvalue weighted by atomic mass is 9.98. The highest BCUT2D eigenvalue weighted by atomic mass is 19.4. The first-order chi connectivity index (χ1) is 18.5. The fourth-order valence-corrected chi connectivity index (χ4v) is 5.17. The summed E-state index contributed by atoms with van der Waals surface area (Å²) in [4.78, 5) is 4.10. The molecule has 0 spiro atoms. The number of hydrogen-bond donors (Lipinski definition) is 2. The summed E-state index contributed by atoms with van der Waals surface area (Å²) in [6, 6.07) is 9.42. The number of nitrogens with zero attached hydrogens (tertiary/aromatic N) is 2. The van der Waals surface area contributed by atoms with Crippen molar-refractivity contribution in [2.45, 2.75) is 32.4 Å². The van der Waals surface area contributed by atoms with Gasteiger partial charge in [-0.3, -0.25) is 5.41 Å². The number of benzene rings is 2. The second kappa shape index (κ2) is 11.5. The highest BCUT2D eigenvalue weighted by molar-refractivity contribution is 6.12. The molecule has 0 unspecified atom stereocenters. The Morgan fingerprint density at radius 2 is 1.64 bits per heavy atom. The quantitative estimate of drug-likeness (QED) is 0.255. The maximum absolute atomic E-state index is 14.0. The lowest BCUT2D eigenvalue weighted by Crippen LogP contribution is -2.25. The summed E-state index contributed by atoms with van der Waals surface area (Å²) in [6.07, 6.45) is -1.98. The van der Waals surface area contributed by atoms with Gasteiger partial charge in [-0.05, 0) is 56.5 Å². The number of methoxy groups -OCH3 is 2. The van der Waals surface area contributed by atoms with E-state index in [9.17, 15) is 13.2 Å². The van der Waals surface area contributed by atoms with Crippen molar-refractivity contribution in [2.75, 3.05) is 50.6 Å². The second-order valence-electron chi connectivity index (χ2n) is 9.96. The average molecular weight is 541 g/mol. The Hall–Kier alpha value is -3.88. The van der Waals surface area contributed by atoms with Crippen LogP contribution >= 0.6 is 0 Å². The molecule has 9 heteroatoms. The van der Waals surface area contributed by atoms with Gasteiger partial charge >= 0.3 is 6.18 Å². The third-order valence-corrected chi connectivity index (χ3v) is 6.99. The van der Waals surface area contributed by atoms with Crippen LogP contribution in [0.5, 0.6) is 11.5 Å². The number of rotatable bonds is 10. The van der Waals surface area contributed by atoms with Gasteiger partial charge in [0.1, 0.15) is 11.5 Å². The van der Waals surface area contributed by atoms with Gasteiger partial charge in [0.25, 0.3) is 0 Å². The lowest BCUT2D eigenvalue weighted by molar-refractivity contribution is -0.136. The number of ether oxygens (including phenoxy) is 2. The van der Waals surface area contributed by atoms with E-state index in [4.69, 9.17) is 14.9 Å². The maximum atomic E-state index is 14.0. The molecule has 0 radical (unpaired) electrons. The van der Waals surface area contributed by atoms with Gasteiger partial charge in [0.2, 0.25) is 0 Å². The van der Waals surface area contributed by atoms with Gasteiger partial charge in [-0.1, -0.05) is 18.7 Å². The molecule has 2 aromatic carbocycles. The first kappa shape index (κ1) is 28.1. The summed E-state index contributed by atoms with van der Waals surface area (Å²) in [5, 5.41) is 12.1. The van der Waals surface area contributed by atoms with E-state index in [0.29, 0.717) is 53.5 Å². The Morgan fingerprint density at radius 3 is 2.21 bits per heavy atom. The van der Waals surface area contributed by atoms with Gasteiger partial charge < -0.3 is 24.6 Å². The SMILES string of the molecule is C=C(C)CN1CCC(C(=N)c2cc(OC)cc(OC)c2)=C1C(=C)Nc1cc(N2CCCC2)ccc1C(F)(F)F. The molecule has 2 N–H and O–H groups in total. The molecule has 2 aliphatic rings. The van der Waals surface area contributed by atoms with Gasteiger partial charge in [0.05, 0.1) is 42.6 Å². The number of halogens is 3. The number of anilines is 2. The van der Waals surface area contributed by atoms with Crippen molar-refractivity contribution in [1.82, 2.24) is 4.90 Å². The molecule has 0 saturated carbocycles. The molecular weight excluding hydrogens is 505 g/mol. The molecule has 0 aliphatic carbocycles. The minimum absolute atomic E-state index is 0.0551. The first-order valence-corrected chi connectivity index (χ1v) is 12.9. The van der Waals surface area contributed by atoms with Gasteiger partial charge in [-0.15, -0.1) is 0 Å². The summed E-state index contributed by atoms with van der Waals surface area (Å²) in [5.74, 6) is 1.08. The molecule has 208 valence electrons. The zero-order chi connectivity index (χ0) is 28.3. The minimum atomic E-state index is -4.54. The molecule has 2 aromatic rings. The molecule has 39 heavy (non-hydrogen) atoms. The lowest BCUT2D eigenvalue weighted by Gasteiger charge is -2.27. The third kappa shape index (κ3) is 6.24. The summed E-state index contributed by atoms with van der Waals surface area (Å²) in [5.41, 5.74) is 3.21. The number of hydrogen-bond acceptors (Lipinski definition) is 6. The topological polar surface area (TPSA) is 60.8 Å². The van der Waals surface area contributed by atoms with E-state index in [1.165, 1.54) is 20.3 Å². The molecule has 0 atom stereocenters. The highest BCUT2D eigenvalue weighted by Gasteiger charge is 2.35. The third-order valence-electron chi connectivity index (χ3n) is 6.99. The molecule has 2 aliphatic heterocycles. The maximum Gasteiger partial charge on any atom is 0.418 e. The Labute approximate surface area is 227 Å². The zero-order valence-corrected chi connectivity index (χ0v) is 22.7. The Morgan fingerprint density at radius 1 is 1.00 bits per heavy atom. The molecule has 4 rings (SSSR count). The monoisotopic (exact) mass is 540 g/mol. The first-order valence-electron chi connectivity index (χ1n) is 12.9. The van der Waals surface area contributed by atoms with Crippen LogP contribution in [0.3, 0.4) is 0 Å². The average Bonchev–Trinajstić information content (AvgIpc) is 3.57. The summed E-state index contributed by atoms with van der Waals surface area (Å²) in [6.45, 7) is 12.8. The molecule has 1 saturated heterocycles. The van der Waals surface area contributed by atoms with Crippen LogP contribution in [0.2, 0.25) is 0 Å². The zero-order valence-electron chi connectivity index (χ0n) is 22.7. The smallest absolute Gasteiger partial charge is 0.418 e. The van der Waals surface area contributed by atoms with Gasteiger partial charge in [-0.2, -0.15) is 13.2 Å². The van der Waals surface area contributed by atoms with Crippen molar-refractivity contribution in [3.05, 3.63) is 83.2 Å². The van der Waals surface area contributed by atoms with Crippen LogP contribution in [-0.2, 0) is 6.18 Å². The van der Waals surface area contributed by atoms with Crippen LogP contribution in [-0.4, -0.2) is 51.0 Å².